The highest BCUT2D eigenvalue weighted by Crippen LogP contribution is 2.27. The van der Waals surface area contributed by atoms with E-state index in [9.17, 15) is 4.39 Å². The summed E-state index contributed by atoms with van der Waals surface area (Å²) < 4.78 is 19.3. The zero-order valence-electron chi connectivity index (χ0n) is 12.5. The van der Waals surface area contributed by atoms with Crippen LogP contribution < -0.4 is 15.4 Å². The van der Waals surface area contributed by atoms with Gasteiger partial charge < -0.3 is 15.4 Å². The fourth-order valence-electron chi connectivity index (χ4n) is 2.37. The van der Waals surface area contributed by atoms with Gasteiger partial charge in [0.05, 0.1) is 18.5 Å². The summed E-state index contributed by atoms with van der Waals surface area (Å²) in [5, 5.41) is 0. The molecule has 2 rings (SSSR count). The fourth-order valence-corrected chi connectivity index (χ4v) is 2.37. The number of para-hydroxylation sites is 2. The third kappa shape index (κ3) is 3.45. The van der Waals surface area contributed by atoms with Crippen LogP contribution in [0.25, 0.3) is 0 Å². The molecule has 0 aliphatic rings. The van der Waals surface area contributed by atoms with Crippen molar-refractivity contribution in [2.24, 2.45) is 0 Å². The predicted molar refractivity (Wildman–Crippen MR) is 85.1 cm³/mol. The lowest BCUT2D eigenvalue weighted by atomic mass is 10.1. The second-order valence-corrected chi connectivity index (χ2v) is 4.91. The number of benzene rings is 2. The number of anilines is 2. The molecule has 0 spiro atoms. The summed E-state index contributed by atoms with van der Waals surface area (Å²) in [6, 6.07) is 12.9. The molecular formula is C17H21FN2O. The fraction of sp³-hybridized carbons (Fsp3) is 0.294. The van der Waals surface area contributed by atoms with E-state index < -0.39 is 0 Å². The van der Waals surface area contributed by atoms with Gasteiger partial charge in [-0.3, -0.25) is 0 Å². The van der Waals surface area contributed by atoms with Crippen molar-refractivity contribution in [3.8, 4) is 5.75 Å². The number of rotatable bonds is 6. The Labute approximate surface area is 125 Å². The third-order valence-corrected chi connectivity index (χ3v) is 3.40. The summed E-state index contributed by atoms with van der Waals surface area (Å²) in [6.07, 6.45) is 0.958. The standard InChI is InChI=1S/C17H21FN2O/c1-3-11-20(15-9-5-4-8-14(15)19)12-13-7-6-10-16(21-2)17(13)18/h4-10H,3,11-12,19H2,1-2H3. The van der Waals surface area contributed by atoms with E-state index in [0.717, 1.165) is 18.7 Å². The molecule has 0 saturated carbocycles. The average Bonchev–Trinajstić information content (AvgIpc) is 2.49. The minimum Gasteiger partial charge on any atom is -0.494 e. The van der Waals surface area contributed by atoms with E-state index in [1.54, 1.807) is 18.2 Å². The van der Waals surface area contributed by atoms with Crippen molar-refractivity contribution in [1.29, 1.82) is 0 Å². The summed E-state index contributed by atoms with van der Waals surface area (Å²) >= 11 is 0. The van der Waals surface area contributed by atoms with Gasteiger partial charge in [0.2, 0.25) is 0 Å². The van der Waals surface area contributed by atoms with Crippen molar-refractivity contribution in [2.45, 2.75) is 19.9 Å². The Kier molecular flexibility index (Phi) is 5.04. The summed E-state index contributed by atoms with van der Waals surface area (Å²) in [4.78, 5) is 2.09. The molecule has 0 saturated heterocycles. The highest BCUT2D eigenvalue weighted by molar-refractivity contribution is 5.67. The Morgan fingerprint density at radius 1 is 1.14 bits per heavy atom. The van der Waals surface area contributed by atoms with E-state index >= 15 is 0 Å². The number of nitrogens with two attached hydrogens (primary N) is 1. The largest absolute Gasteiger partial charge is 0.494 e. The number of nitrogens with zero attached hydrogens (tertiary/aromatic N) is 1. The van der Waals surface area contributed by atoms with Gasteiger partial charge in [-0.05, 0) is 24.6 Å². The normalized spacial score (nSPS) is 10.4. The Morgan fingerprint density at radius 2 is 1.90 bits per heavy atom. The molecule has 0 aliphatic carbocycles. The van der Waals surface area contributed by atoms with Crippen molar-refractivity contribution in [3.63, 3.8) is 0 Å². The zero-order valence-corrected chi connectivity index (χ0v) is 12.5. The van der Waals surface area contributed by atoms with Crippen LogP contribution in [0.3, 0.4) is 0 Å². The Morgan fingerprint density at radius 3 is 2.57 bits per heavy atom. The first-order valence-corrected chi connectivity index (χ1v) is 7.08. The summed E-state index contributed by atoms with van der Waals surface area (Å²) in [7, 11) is 1.47. The Hall–Kier alpha value is -2.23. The van der Waals surface area contributed by atoms with Gasteiger partial charge in [-0.2, -0.15) is 0 Å². The summed E-state index contributed by atoms with van der Waals surface area (Å²) in [6.45, 7) is 3.37. The van der Waals surface area contributed by atoms with Gasteiger partial charge >= 0.3 is 0 Å². The van der Waals surface area contributed by atoms with Gasteiger partial charge in [-0.25, -0.2) is 4.39 Å². The van der Waals surface area contributed by atoms with Crippen LogP contribution >= 0.6 is 0 Å². The molecule has 0 amide bonds. The molecule has 0 fully saturated rings. The molecule has 21 heavy (non-hydrogen) atoms. The topological polar surface area (TPSA) is 38.5 Å². The van der Waals surface area contributed by atoms with Crippen LogP contribution in [0.15, 0.2) is 42.5 Å². The maximum Gasteiger partial charge on any atom is 0.170 e. The highest BCUT2D eigenvalue weighted by atomic mass is 19.1. The van der Waals surface area contributed by atoms with E-state index in [2.05, 4.69) is 11.8 Å². The number of nitrogen functional groups attached to an aromatic ring is 1. The van der Waals surface area contributed by atoms with Crippen molar-refractivity contribution in [1.82, 2.24) is 0 Å². The average molecular weight is 288 g/mol. The van der Waals surface area contributed by atoms with Crippen molar-refractivity contribution < 1.29 is 9.13 Å². The van der Waals surface area contributed by atoms with Gasteiger partial charge in [0.1, 0.15) is 0 Å². The van der Waals surface area contributed by atoms with Crippen LogP contribution in [-0.2, 0) is 6.54 Å². The first-order valence-electron chi connectivity index (χ1n) is 7.08. The van der Waals surface area contributed by atoms with Crippen molar-refractivity contribution in [3.05, 3.63) is 53.8 Å². The quantitative estimate of drug-likeness (QED) is 0.821. The lowest BCUT2D eigenvalue weighted by molar-refractivity contribution is 0.384. The molecule has 0 unspecified atom stereocenters. The number of ether oxygens (including phenoxy) is 1. The zero-order chi connectivity index (χ0) is 15.2. The molecule has 0 aromatic heterocycles. The van der Waals surface area contributed by atoms with Crippen LogP contribution in [0, 0.1) is 5.82 Å². The Bertz CT molecular complexity index is 601. The number of hydrogen-bond donors (Lipinski definition) is 1. The molecule has 2 N–H and O–H groups in total. The maximum absolute atomic E-state index is 14.3. The molecule has 0 heterocycles. The van der Waals surface area contributed by atoms with Gasteiger partial charge in [0.15, 0.2) is 11.6 Å². The molecule has 0 radical (unpaired) electrons. The van der Waals surface area contributed by atoms with E-state index in [1.807, 2.05) is 24.3 Å². The van der Waals surface area contributed by atoms with Crippen molar-refractivity contribution in [2.75, 3.05) is 24.3 Å². The molecule has 4 heteroatoms. The number of halogens is 1. The van der Waals surface area contributed by atoms with Crippen LogP contribution in [0.1, 0.15) is 18.9 Å². The van der Waals surface area contributed by atoms with Gasteiger partial charge in [0.25, 0.3) is 0 Å². The van der Waals surface area contributed by atoms with Crippen LogP contribution in [0.4, 0.5) is 15.8 Å². The molecule has 2 aromatic carbocycles. The molecule has 0 bridgehead atoms. The second kappa shape index (κ2) is 6.97. The summed E-state index contributed by atoms with van der Waals surface area (Å²) in [5.41, 5.74) is 8.28. The van der Waals surface area contributed by atoms with E-state index in [4.69, 9.17) is 10.5 Å². The van der Waals surface area contributed by atoms with Gasteiger partial charge in [-0.1, -0.05) is 31.2 Å². The first kappa shape index (κ1) is 15.2. The third-order valence-electron chi connectivity index (χ3n) is 3.40. The highest BCUT2D eigenvalue weighted by Gasteiger charge is 2.14. The SMILES string of the molecule is CCCN(Cc1cccc(OC)c1F)c1ccccc1N. The van der Waals surface area contributed by atoms with Crippen LogP contribution in [0.5, 0.6) is 5.75 Å². The van der Waals surface area contributed by atoms with Crippen LogP contribution in [-0.4, -0.2) is 13.7 Å². The second-order valence-electron chi connectivity index (χ2n) is 4.91. The molecular weight excluding hydrogens is 267 g/mol. The minimum atomic E-state index is -0.310. The van der Waals surface area contributed by atoms with E-state index in [0.29, 0.717) is 17.8 Å². The molecule has 112 valence electrons. The van der Waals surface area contributed by atoms with Crippen molar-refractivity contribution >= 4 is 11.4 Å². The lowest BCUT2D eigenvalue weighted by Gasteiger charge is -2.26. The molecule has 3 nitrogen and oxygen atoms in total. The summed E-state index contributed by atoms with van der Waals surface area (Å²) in [5.74, 6) is -0.0411. The predicted octanol–water partition coefficient (Wildman–Crippen LogP) is 3.83. The molecule has 0 atom stereocenters. The van der Waals surface area contributed by atoms with Gasteiger partial charge in [-0.15, -0.1) is 0 Å². The maximum atomic E-state index is 14.3. The molecule has 2 aromatic rings. The van der Waals surface area contributed by atoms with E-state index in [1.165, 1.54) is 7.11 Å². The smallest absolute Gasteiger partial charge is 0.170 e. The lowest BCUT2D eigenvalue weighted by Crippen LogP contribution is -2.25. The van der Waals surface area contributed by atoms with Crippen LogP contribution in [0.2, 0.25) is 0 Å². The van der Waals surface area contributed by atoms with Gasteiger partial charge in [0, 0.05) is 18.7 Å². The number of methoxy groups -OCH3 is 1. The number of hydrogen-bond acceptors (Lipinski definition) is 3. The minimum absolute atomic E-state index is 0.269. The molecule has 0 aliphatic heterocycles. The van der Waals surface area contributed by atoms with E-state index in [-0.39, 0.29) is 11.6 Å². The monoisotopic (exact) mass is 288 g/mol. The first-order chi connectivity index (χ1) is 10.2. The Balaban J connectivity index is 2.31.